The summed E-state index contributed by atoms with van der Waals surface area (Å²) in [4.78, 5) is 11.8. The fraction of sp³-hybridized carbons (Fsp3) is 0.727. The molecule has 0 aliphatic carbocycles. The molecule has 1 N–H and O–H groups in total. The Kier molecular flexibility index (Phi) is 4.09. The number of carbonyl (C=O) groups is 1. The van der Waals surface area contributed by atoms with E-state index in [9.17, 15) is 13.2 Å². The van der Waals surface area contributed by atoms with Crippen molar-refractivity contribution >= 4 is 15.9 Å². The van der Waals surface area contributed by atoms with Gasteiger partial charge in [0.15, 0.2) is 0 Å². The second-order valence-electron chi connectivity index (χ2n) is 5.10. The lowest BCUT2D eigenvalue weighted by atomic mass is 10.1. The molecule has 1 aliphatic heterocycles. The maximum atomic E-state index is 11.8. The molecule has 2 rings (SSSR count). The van der Waals surface area contributed by atoms with Gasteiger partial charge in [0.1, 0.15) is 11.6 Å². The van der Waals surface area contributed by atoms with Gasteiger partial charge in [0, 0.05) is 26.1 Å². The van der Waals surface area contributed by atoms with Crippen molar-refractivity contribution < 1.29 is 13.2 Å². The SMILES string of the molecule is Cc1nnc2n1CC(NC(=O)CN(C)S(C)(=O)=O)CC2. The topological polar surface area (TPSA) is 97.2 Å². The summed E-state index contributed by atoms with van der Waals surface area (Å²) in [6.45, 7) is 2.34. The summed E-state index contributed by atoms with van der Waals surface area (Å²) in [5, 5.41) is 10.9. The Balaban J connectivity index is 1.92. The van der Waals surface area contributed by atoms with Gasteiger partial charge in [0.2, 0.25) is 15.9 Å². The van der Waals surface area contributed by atoms with Gasteiger partial charge >= 0.3 is 0 Å². The van der Waals surface area contributed by atoms with Crippen molar-refractivity contribution in [3.63, 3.8) is 0 Å². The third-order valence-electron chi connectivity index (χ3n) is 3.43. The minimum Gasteiger partial charge on any atom is -0.350 e. The molecule has 0 aromatic carbocycles. The first-order valence-corrected chi connectivity index (χ1v) is 8.21. The summed E-state index contributed by atoms with van der Waals surface area (Å²) in [6, 6.07) is -0.0161. The number of hydrogen-bond acceptors (Lipinski definition) is 5. The highest BCUT2D eigenvalue weighted by Crippen LogP contribution is 2.14. The quantitative estimate of drug-likeness (QED) is 0.762. The molecule has 1 amide bonds. The van der Waals surface area contributed by atoms with Crippen molar-refractivity contribution in [2.24, 2.45) is 0 Å². The van der Waals surface area contributed by atoms with Gasteiger partial charge in [-0.2, -0.15) is 4.31 Å². The molecule has 0 spiro atoms. The summed E-state index contributed by atoms with van der Waals surface area (Å²) < 4.78 is 25.5. The highest BCUT2D eigenvalue weighted by molar-refractivity contribution is 7.88. The summed E-state index contributed by atoms with van der Waals surface area (Å²) in [5.41, 5.74) is 0. The molecular formula is C11H19N5O3S. The standard InChI is InChI=1S/C11H19N5O3S/c1-8-13-14-10-5-4-9(6-16(8)10)12-11(17)7-15(2)20(3,18)19/h9H,4-7H2,1-3H3,(H,12,17). The minimum absolute atomic E-state index is 0.0161. The van der Waals surface area contributed by atoms with Crippen molar-refractivity contribution in [3.8, 4) is 0 Å². The third-order valence-corrected chi connectivity index (χ3v) is 4.69. The van der Waals surface area contributed by atoms with Crippen LogP contribution in [0.4, 0.5) is 0 Å². The summed E-state index contributed by atoms with van der Waals surface area (Å²) in [6.07, 6.45) is 2.62. The molecule has 2 heterocycles. The van der Waals surface area contributed by atoms with Crippen molar-refractivity contribution in [2.75, 3.05) is 19.8 Å². The molecule has 1 aromatic heterocycles. The molecule has 9 heteroatoms. The van der Waals surface area contributed by atoms with Crippen LogP contribution in [0, 0.1) is 6.92 Å². The van der Waals surface area contributed by atoms with E-state index in [0.717, 1.165) is 35.1 Å². The minimum atomic E-state index is -3.34. The number of nitrogens with zero attached hydrogens (tertiary/aromatic N) is 4. The molecule has 0 fully saturated rings. The van der Waals surface area contributed by atoms with Gasteiger partial charge in [0.05, 0.1) is 12.8 Å². The van der Waals surface area contributed by atoms with Crippen molar-refractivity contribution in [2.45, 2.75) is 32.4 Å². The monoisotopic (exact) mass is 301 g/mol. The predicted molar refractivity (Wildman–Crippen MR) is 72.5 cm³/mol. The Hall–Kier alpha value is -1.48. The molecule has 0 bridgehead atoms. The number of likely N-dealkylation sites (N-methyl/N-ethyl adjacent to an activating group) is 1. The average Bonchev–Trinajstić information content (AvgIpc) is 2.69. The molecule has 8 nitrogen and oxygen atoms in total. The van der Waals surface area contributed by atoms with Crippen LogP contribution in [0.2, 0.25) is 0 Å². The highest BCUT2D eigenvalue weighted by Gasteiger charge is 2.24. The average molecular weight is 301 g/mol. The Morgan fingerprint density at radius 2 is 2.20 bits per heavy atom. The molecule has 0 radical (unpaired) electrons. The largest absolute Gasteiger partial charge is 0.350 e. The van der Waals surface area contributed by atoms with Crippen LogP contribution in [-0.4, -0.2) is 59.3 Å². The van der Waals surface area contributed by atoms with E-state index in [-0.39, 0.29) is 18.5 Å². The number of hydrogen-bond donors (Lipinski definition) is 1. The molecule has 1 aromatic rings. The van der Waals surface area contributed by atoms with Gasteiger partial charge in [-0.25, -0.2) is 8.42 Å². The number of nitrogens with one attached hydrogen (secondary N) is 1. The van der Waals surface area contributed by atoms with Gasteiger partial charge in [-0.1, -0.05) is 0 Å². The lowest BCUT2D eigenvalue weighted by Crippen LogP contribution is -2.45. The molecular weight excluding hydrogens is 282 g/mol. The van der Waals surface area contributed by atoms with Crippen LogP contribution in [0.1, 0.15) is 18.1 Å². The Morgan fingerprint density at radius 1 is 1.50 bits per heavy atom. The lowest BCUT2D eigenvalue weighted by Gasteiger charge is -2.25. The van der Waals surface area contributed by atoms with E-state index in [1.54, 1.807) is 0 Å². The van der Waals surface area contributed by atoms with Gasteiger partial charge in [-0.15, -0.1) is 10.2 Å². The Bertz CT molecular complexity index is 610. The zero-order chi connectivity index (χ0) is 14.9. The lowest BCUT2D eigenvalue weighted by molar-refractivity contribution is -0.122. The van der Waals surface area contributed by atoms with E-state index in [1.807, 2.05) is 11.5 Å². The van der Waals surface area contributed by atoms with Crippen LogP contribution >= 0.6 is 0 Å². The Morgan fingerprint density at radius 3 is 2.85 bits per heavy atom. The fourth-order valence-corrected chi connectivity index (χ4v) is 2.52. The first-order chi connectivity index (χ1) is 9.27. The smallest absolute Gasteiger partial charge is 0.235 e. The van der Waals surface area contributed by atoms with Crippen LogP contribution in [0.3, 0.4) is 0 Å². The number of amides is 1. The van der Waals surface area contributed by atoms with Gasteiger partial charge in [-0.05, 0) is 13.3 Å². The maximum absolute atomic E-state index is 11.8. The second kappa shape index (κ2) is 5.49. The molecule has 1 unspecified atom stereocenters. The summed E-state index contributed by atoms with van der Waals surface area (Å²) in [7, 11) is -1.95. The van der Waals surface area contributed by atoms with Crippen LogP contribution < -0.4 is 5.32 Å². The van der Waals surface area contributed by atoms with Crippen LogP contribution in [0.15, 0.2) is 0 Å². The van der Waals surface area contributed by atoms with Gasteiger partial charge in [0.25, 0.3) is 0 Å². The van der Waals surface area contributed by atoms with Crippen LogP contribution in [0.5, 0.6) is 0 Å². The number of aromatic nitrogens is 3. The van der Waals surface area contributed by atoms with E-state index in [1.165, 1.54) is 7.05 Å². The normalized spacial score (nSPS) is 18.9. The van der Waals surface area contributed by atoms with Crippen molar-refractivity contribution in [1.82, 2.24) is 24.4 Å². The zero-order valence-electron chi connectivity index (χ0n) is 11.8. The van der Waals surface area contributed by atoms with Crippen molar-refractivity contribution in [1.29, 1.82) is 0 Å². The number of aryl methyl sites for hydroxylation is 2. The van der Waals surface area contributed by atoms with E-state index in [2.05, 4.69) is 15.5 Å². The van der Waals surface area contributed by atoms with E-state index in [0.29, 0.717) is 6.54 Å². The van der Waals surface area contributed by atoms with E-state index in [4.69, 9.17) is 0 Å². The van der Waals surface area contributed by atoms with Gasteiger partial charge < -0.3 is 9.88 Å². The van der Waals surface area contributed by atoms with E-state index < -0.39 is 10.0 Å². The zero-order valence-corrected chi connectivity index (χ0v) is 12.6. The number of sulfonamides is 1. The molecule has 1 atom stereocenters. The summed E-state index contributed by atoms with van der Waals surface area (Å²) >= 11 is 0. The fourth-order valence-electron chi connectivity index (χ4n) is 2.17. The Labute approximate surface area is 118 Å². The van der Waals surface area contributed by atoms with Crippen molar-refractivity contribution in [3.05, 3.63) is 11.6 Å². The van der Waals surface area contributed by atoms with Crippen LogP contribution in [-0.2, 0) is 27.8 Å². The van der Waals surface area contributed by atoms with E-state index >= 15 is 0 Å². The molecule has 0 saturated carbocycles. The maximum Gasteiger partial charge on any atom is 0.235 e. The molecule has 112 valence electrons. The summed E-state index contributed by atoms with van der Waals surface area (Å²) in [5.74, 6) is 1.46. The highest BCUT2D eigenvalue weighted by atomic mass is 32.2. The number of carbonyl (C=O) groups excluding carboxylic acids is 1. The predicted octanol–water partition coefficient (Wildman–Crippen LogP) is -1.09. The molecule has 0 saturated heterocycles. The first-order valence-electron chi connectivity index (χ1n) is 6.36. The second-order valence-corrected chi connectivity index (χ2v) is 7.19. The number of fused-ring (bicyclic) bond motifs is 1. The molecule has 20 heavy (non-hydrogen) atoms. The third kappa shape index (κ3) is 3.34. The number of rotatable bonds is 4. The van der Waals surface area contributed by atoms with Crippen LogP contribution in [0.25, 0.3) is 0 Å². The first kappa shape index (κ1) is 14.9. The molecule has 1 aliphatic rings. The van der Waals surface area contributed by atoms with Gasteiger partial charge in [-0.3, -0.25) is 4.79 Å².